The summed E-state index contributed by atoms with van der Waals surface area (Å²) >= 11 is 2.19. The zero-order chi connectivity index (χ0) is 14.3. The molecule has 2 aromatic rings. The molecule has 0 atom stereocenters. The van der Waals surface area contributed by atoms with E-state index in [0.717, 1.165) is 33.6 Å². The molecular weight excluding hydrogens is 363 g/mol. The van der Waals surface area contributed by atoms with Crippen LogP contribution < -0.4 is 10.6 Å². The van der Waals surface area contributed by atoms with Crippen molar-refractivity contribution in [3.05, 3.63) is 33.0 Å². The maximum atomic E-state index is 5.95. The summed E-state index contributed by atoms with van der Waals surface area (Å²) in [7, 11) is 2.14. The van der Waals surface area contributed by atoms with E-state index in [1.165, 1.54) is 17.7 Å². The second-order valence-electron chi connectivity index (χ2n) is 5.20. The maximum absolute atomic E-state index is 5.95. The van der Waals surface area contributed by atoms with Crippen LogP contribution in [0, 0.1) is 10.5 Å². The van der Waals surface area contributed by atoms with Crippen LogP contribution in [-0.4, -0.2) is 23.6 Å². The number of hydrogen-bond acceptors (Lipinski definition) is 4. The Morgan fingerprint density at radius 2 is 2.10 bits per heavy atom. The van der Waals surface area contributed by atoms with Gasteiger partial charge >= 0.3 is 0 Å². The van der Waals surface area contributed by atoms with E-state index in [2.05, 4.69) is 62.7 Å². The maximum Gasteiger partial charge on any atom is 0.161 e. The second-order valence-corrected chi connectivity index (χ2v) is 6.28. The fraction of sp³-hybridized carbons (Fsp3) is 0.333. The Morgan fingerprint density at radius 1 is 1.30 bits per heavy atom. The number of halogens is 1. The molecule has 1 aliphatic rings. The normalized spacial score (nSPS) is 14.2. The van der Waals surface area contributed by atoms with Crippen molar-refractivity contribution >= 4 is 34.1 Å². The number of rotatable bonds is 1. The zero-order valence-corrected chi connectivity index (χ0v) is 13.8. The van der Waals surface area contributed by atoms with Crippen LogP contribution in [0.2, 0.25) is 0 Å². The van der Waals surface area contributed by atoms with Gasteiger partial charge < -0.3 is 10.6 Å². The quantitative estimate of drug-likeness (QED) is 0.773. The number of aromatic nitrogens is 2. The first-order valence-electron chi connectivity index (χ1n) is 6.70. The predicted octanol–water partition coefficient (Wildman–Crippen LogP) is 3.02. The molecule has 0 spiro atoms. The SMILES string of the molecule is Cc1nc(-c2ccc3c(c2)CCCN3C)nc(N)c1I. The van der Waals surface area contributed by atoms with Crippen LogP contribution in [0.3, 0.4) is 0 Å². The molecule has 20 heavy (non-hydrogen) atoms. The molecule has 104 valence electrons. The molecule has 2 N–H and O–H groups in total. The van der Waals surface area contributed by atoms with E-state index >= 15 is 0 Å². The van der Waals surface area contributed by atoms with Crippen molar-refractivity contribution in [1.82, 2.24) is 9.97 Å². The van der Waals surface area contributed by atoms with Crippen LogP contribution >= 0.6 is 22.6 Å². The summed E-state index contributed by atoms with van der Waals surface area (Å²) in [5, 5.41) is 0. The Morgan fingerprint density at radius 3 is 2.85 bits per heavy atom. The predicted molar refractivity (Wildman–Crippen MR) is 90.9 cm³/mol. The van der Waals surface area contributed by atoms with Crippen molar-refractivity contribution < 1.29 is 0 Å². The van der Waals surface area contributed by atoms with Gasteiger partial charge in [-0.1, -0.05) is 0 Å². The minimum atomic E-state index is 0.558. The number of aryl methyl sites for hydroxylation is 2. The Bertz CT molecular complexity index is 646. The number of nitrogen functional groups attached to an aromatic ring is 1. The minimum absolute atomic E-state index is 0.558. The van der Waals surface area contributed by atoms with Crippen LogP contribution in [-0.2, 0) is 6.42 Å². The lowest BCUT2D eigenvalue weighted by molar-refractivity contribution is 0.744. The molecule has 0 bridgehead atoms. The molecule has 0 saturated carbocycles. The highest BCUT2D eigenvalue weighted by molar-refractivity contribution is 14.1. The van der Waals surface area contributed by atoms with Gasteiger partial charge in [0.25, 0.3) is 0 Å². The number of nitrogens with zero attached hydrogens (tertiary/aromatic N) is 3. The molecule has 0 radical (unpaired) electrons. The third-order valence-electron chi connectivity index (χ3n) is 3.73. The van der Waals surface area contributed by atoms with Crippen molar-refractivity contribution in [3.63, 3.8) is 0 Å². The summed E-state index contributed by atoms with van der Waals surface area (Å²) < 4.78 is 0.934. The van der Waals surface area contributed by atoms with E-state index < -0.39 is 0 Å². The average Bonchev–Trinajstić information content (AvgIpc) is 2.44. The van der Waals surface area contributed by atoms with E-state index in [0.29, 0.717) is 5.82 Å². The third kappa shape index (κ3) is 2.34. The molecule has 4 nitrogen and oxygen atoms in total. The molecular formula is C15H17IN4. The Labute approximate surface area is 132 Å². The number of hydrogen-bond donors (Lipinski definition) is 1. The second kappa shape index (κ2) is 5.20. The molecule has 0 saturated heterocycles. The molecule has 3 rings (SSSR count). The average molecular weight is 380 g/mol. The van der Waals surface area contributed by atoms with Gasteiger partial charge in [0, 0.05) is 24.8 Å². The van der Waals surface area contributed by atoms with Gasteiger partial charge in [0.2, 0.25) is 0 Å². The molecule has 5 heteroatoms. The van der Waals surface area contributed by atoms with Crippen LogP contribution in [0.4, 0.5) is 11.5 Å². The fourth-order valence-corrected chi connectivity index (χ4v) is 2.88. The lowest BCUT2D eigenvalue weighted by atomic mass is 9.99. The largest absolute Gasteiger partial charge is 0.383 e. The molecule has 0 unspecified atom stereocenters. The highest BCUT2D eigenvalue weighted by Gasteiger charge is 2.15. The van der Waals surface area contributed by atoms with Crippen LogP contribution in [0.5, 0.6) is 0 Å². The Hall–Kier alpha value is -1.37. The molecule has 0 aliphatic carbocycles. The van der Waals surface area contributed by atoms with Crippen molar-refractivity contribution in [2.45, 2.75) is 19.8 Å². The summed E-state index contributed by atoms with van der Waals surface area (Å²) in [6.07, 6.45) is 2.31. The van der Waals surface area contributed by atoms with Gasteiger partial charge in [0.15, 0.2) is 5.82 Å². The number of nitrogens with two attached hydrogens (primary N) is 1. The number of fused-ring (bicyclic) bond motifs is 1. The van der Waals surface area contributed by atoms with Gasteiger partial charge in [-0.15, -0.1) is 0 Å². The van der Waals surface area contributed by atoms with Crippen LogP contribution in [0.15, 0.2) is 18.2 Å². The fourth-order valence-electron chi connectivity index (χ4n) is 2.63. The standard InChI is InChI=1S/C15H17IN4/c1-9-13(16)14(17)19-15(18-9)11-5-6-12-10(8-11)4-3-7-20(12)2/h5-6,8H,3-4,7H2,1-2H3,(H2,17,18,19). The highest BCUT2D eigenvalue weighted by atomic mass is 127. The highest BCUT2D eigenvalue weighted by Crippen LogP contribution is 2.30. The first-order chi connectivity index (χ1) is 9.56. The minimum Gasteiger partial charge on any atom is -0.383 e. The lowest BCUT2D eigenvalue weighted by Gasteiger charge is -2.27. The van der Waals surface area contributed by atoms with Crippen molar-refractivity contribution in [3.8, 4) is 11.4 Å². The Balaban J connectivity index is 2.07. The van der Waals surface area contributed by atoms with E-state index in [9.17, 15) is 0 Å². The monoisotopic (exact) mass is 380 g/mol. The van der Waals surface area contributed by atoms with Gasteiger partial charge in [-0.2, -0.15) is 0 Å². The summed E-state index contributed by atoms with van der Waals surface area (Å²) in [5.74, 6) is 1.28. The first-order valence-corrected chi connectivity index (χ1v) is 7.78. The first kappa shape index (κ1) is 13.6. The number of anilines is 2. The molecule has 1 aliphatic heterocycles. The summed E-state index contributed by atoms with van der Waals surface area (Å²) in [4.78, 5) is 11.3. The summed E-state index contributed by atoms with van der Waals surface area (Å²) in [5.41, 5.74) is 10.6. The summed E-state index contributed by atoms with van der Waals surface area (Å²) in [6, 6.07) is 6.45. The topological polar surface area (TPSA) is 55.0 Å². The van der Waals surface area contributed by atoms with Crippen molar-refractivity contribution in [2.24, 2.45) is 0 Å². The Kier molecular flexibility index (Phi) is 3.54. The van der Waals surface area contributed by atoms with Crippen LogP contribution in [0.25, 0.3) is 11.4 Å². The third-order valence-corrected chi connectivity index (χ3v) is 5.06. The molecule has 1 aromatic heterocycles. The van der Waals surface area contributed by atoms with Gasteiger partial charge in [0.1, 0.15) is 5.82 Å². The number of benzene rings is 1. The summed E-state index contributed by atoms with van der Waals surface area (Å²) in [6.45, 7) is 3.09. The molecule has 2 heterocycles. The lowest BCUT2D eigenvalue weighted by Crippen LogP contribution is -2.24. The van der Waals surface area contributed by atoms with E-state index in [1.54, 1.807) is 0 Å². The van der Waals surface area contributed by atoms with Gasteiger partial charge in [0.05, 0.1) is 9.26 Å². The van der Waals surface area contributed by atoms with Crippen LogP contribution in [0.1, 0.15) is 17.7 Å². The van der Waals surface area contributed by atoms with Gasteiger partial charge in [-0.3, -0.25) is 0 Å². The smallest absolute Gasteiger partial charge is 0.161 e. The van der Waals surface area contributed by atoms with Gasteiger partial charge in [-0.25, -0.2) is 9.97 Å². The van der Waals surface area contributed by atoms with E-state index in [4.69, 9.17) is 5.73 Å². The molecule has 1 aromatic carbocycles. The van der Waals surface area contributed by atoms with E-state index in [1.807, 2.05) is 6.92 Å². The molecule has 0 fully saturated rings. The van der Waals surface area contributed by atoms with E-state index in [-0.39, 0.29) is 0 Å². The molecule has 0 amide bonds. The zero-order valence-electron chi connectivity index (χ0n) is 11.7. The van der Waals surface area contributed by atoms with Crippen molar-refractivity contribution in [1.29, 1.82) is 0 Å². The van der Waals surface area contributed by atoms with Gasteiger partial charge in [-0.05, 0) is 66.1 Å². The van der Waals surface area contributed by atoms with Crippen molar-refractivity contribution in [2.75, 3.05) is 24.2 Å².